The minimum Gasteiger partial charge on any atom is -0.384 e. The van der Waals surface area contributed by atoms with Crippen LogP contribution < -0.4 is 0 Å². The molecule has 0 saturated heterocycles. The Morgan fingerprint density at radius 2 is 1.92 bits per heavy atom. The maximum atomic E-state index is 13.2. The van der Waals surface area contributed by atoms with Gasteiger partial charge in [-0.25, -0.2) is 0 Å². The molecule has 0 aliphatic heterocycles. The second kappa shape index (κ2) is 6.72. The van der Waals surface area contributed by atoms with Crippen LogP contribution in [0.4, 0.5) is 0 Å². The highest BCUT2D eigenvalue weighted by atomic mass is 16.5. The van der Waals surface area contributed by atoms with Crippen LogP contribution >= 0.6 is 0 Å². The third-order valence-electron chi connectivity index (χ3n) is 9.09. The summed E-state index contributed by atoms with van der Waals surface area (Å²) in [5, 5.41) is 0. The van der Waals surface area contributed by atoms with Gasteiger partial charge in [-0.1, -0.05) is 20.3 Å². The zero-order valence-corrected chi connectivity index (χ0v) is 16.9. The van der Waals surface area contributed by atoms with Crippen molar-refractivity contribution in [1.82, 2.24) is 0 Å². The first-order valence-electron chi connectivity index (χ1n) is 11.0. The predicted octanol–water partition coefficient (Wildman–Crippen LogP) is 4.82. The molecule has 1 unspecified atom stereocenters. The van der Waals surface area contributed by atoms with E-state index < -0.39 is 0 Å². The maximum absolute atomic E-state index is 13.2. The van der Waals surface area contributed by atoms with Gasteiger partial charge in [-0.05, 0) is 68.6 Å². The maximum Gasteiger partial charge on any atom is 0.142 e. The van der Waals surface area contributed by atoms with E-state index in [4.69, 9.17) is 4.74 Å². The lowest BCUT2D eigenvalue weighted by Crippen LogP contribution is -2.56. The van der Waals surface area contributed by atoms with Crippen molar-refractivity contribution in [3.8, 4) is 0 Å². The van der Waals surface area contributed by atoms with E-state index in [1.54, 1.807) is 0 Å². The van der Waals surface area contributed by atoms with Gasteiger partial charge in [0, 0.05) is 36.7 Å². The number of hydrogen-bond acceptors (Lipinski definition) is 3. The van der Waals surface area contributed by atoms with E-state index in [0.29, 0.717) is 41.2 Å². The van der Waals surface area contributed by atoms with E-state index in [0.717, 1.165) is 64.4 Å². The Balaban J connectivity index is 1.65. The number of carbonyl (C=O) groups excluding carboxylic acids is 2. The number of carbonyl (C=O) groups is 2. The Labute approximate surface area is 158 Å². The third kappa shape index (κ3) is 2.56. The van der Waals surface area contributed by atoms with Crippen LogP contribution in [0.3, 0.4) is 0 Å². The number of methoxy groups -OCH3 is 1. The number of hydrogen-bond donors (Lipinski definition) is 0. The van der Waals surface area contributed by atoms with Crippen molar-refractivity contribution in [3.05, 3.63) is 0 Å². The fraction of sp³-hybridized carbons (Fsp3) is 0.913. The van der Waals surface area contributed by atoms with Gasteiger partial charge in [-0.3, -0.25) is 9.59 Å². The predicted molar refractivity (Wildman–Crippen MR) is 102 cm³/mol. The molecule has 0 aromatic carbocycles. The first-order chi connectivity index (χ1) is 12.5. The summed E-state index contributed by atoms with van der Waals surface area (Å²) < 4.78 is 5.76. The molecule has 0 heterocycles. The molecule has 3 nitrogen and oxygen atoms in total. The molecule has 7 atom stereocenters. The largest absolute Gasteiger partial charge is 0.384 e. The van der Waals surface area contributed by atoms with Gasteiger partial charge >= 0.3 is 0 Å². The van der Waals surface area contributed by atoms with Crippen LogP contribution in [0.5, 0.6) is 0 Å². The van der Waals surface area contributed by atoms with Gasteiger partial charge in [0.1, 0.15) is 11.6 Å². The van der Waals surface area contributed by atoms with Gasteiger partial charge in [0.15, 0.2) is 0 Å². The summed E-state index contributed by atoms with van der Waals surface area (Å²) in [5.74, 6) is 3.73. The van der Waals surface area contributed by atoms with Gasteiger partial charge in [-0.2, -0.15) is 0 Å². The summed E-state index contributed by atoms with van der Waals surface area (Å²) in [4.78, 5) is 25.3. The molecule has 0 spiro atoms. The normalized spacial score (nSPS) is 48.0. The highest BCUT2D eigenvalue weighted by Gasteiger charge is 2.63. The lowest BCUT2D eigenvalue weighted by Gasteiger charge is -2.60. The zero-order chi connectivity index (χ0) is 18.5. The van der Waals surface area contributed by atoms with E-state index in [9.17, 15) is 9.59 Å². The van der Waals surface area contributed by atoms with Crippen molar-refractivity contribution in [2.45, 2.75) is 78.1 Å². The fourth-order valence-electron chi connectivity index (χ4n) is 7.94. The lowest BCUT2D eigenvalue weighted by atomic mass is 9.45. The number of ether oxygens (including phenoxy) is 1. The molecular weight excluding hydrogens is 324 g/mol. The molecular formula is C23H36O3. The second-order valence-corrected chi connectivity index (χ2v) is 10.1. The molecule has 4 fully saturated rings. The van der Waals surface area contributed by atoms with Gasteiger partial charge < -0.3 is 4.74 Å². The Morgan fingerprint density at radius 3 is 2.65 bits per heavy atom. The molecule has 0 bridgehead atoms. The molecule has 4 aliphatic rings. The molecule has 146 valence electrons. The third-order valence-corrected chi connectivity index (χ3v) is 9.09. The number of ketones is 2. The fourth-order valence-corrected chi connectivity index (χ4v) is 7.94. The Bertz CT molecular complexity index is 584. The zero-order valence-electron chi connectivity index (χ0n) is 16.9. The first kappa shape index (κ1) is 18.7. The average Bonchev–Trinajstić information content (AvgIpc) is 2.87. The number of Topliss-reactive ketones (excluding diaryl/α,β-unsaturated/α-hetero) is 2. The second-order valence-electron chi connectivity index (χ2n) is 10.1. The minimum absolute atomic E-state index is 0.0768. The van der Waals surface area contributed by atoms with Crippen LogP contribution in [-0.2, 0) is 14.3 Å². The van der Waals surface area contributed by atoms with E-state index in [-0.39, 0.29) is 10.8 Å². The van der Waals surface area contributed by atoms with Crippen molar-refractivity contribution >= 4 is 11.6 Å². The number of rotatable bonds is 4. The van der Waals surface area contributed by atoms with Crippen molar-refractivity contribution in [2.75, 3.05) is 13.7 Å². The van der Waals surface area contributed by atoms with Gasteiger partial charge in [0.2, 0.25) is 0 Å². The van der Waals surface area contributed by atoms with Gasteiger partial charge in [0.05, 0.1) is 6.61 Å². The van der Waals surface area contributed by atoms with E-state index in [1.165, 1.54) is 6.42 Å². The summed E-state index contributed by atoms with van der Waals surface area (Å²) >= 11 is 0. The summed E-state index contributed by atoms with van der Waals surface area (Å²) in [6.07, 6.45) is 10.4. The van der Waals surface area contributed by atoms with E-state index in [2.05, 4.69) is 13.8 Å². The summed E-state index contributed by atoms with van der Waals surface area (Å²) in [6.45, 7) is 5.30. The van der Waals surface area contributed by atoms with Gasteiger partial charge in [0.25, 0.3) is 0 Å². The smallest absolute Gasteiger partial charge is 0.142 e. The molecule has 0 aromatic heterocycles. The summed E-state index contributed by atoms with van der Waals surface area (Å²) in [7, 11) is 1.83. The van der Waals surface area contributed by atoms with Crippen molar-refractivity contribution < 1.29 is 14.3 Å². The minimum atomic E-state index is -0.0768. The quantitative estimate of drug-likeness (QED) is 0.722. The summed E-state index contributed by atoms with van der Waals surface area (Å²) in [5.41, 5.74) is 0.116. The van der Waals surface area contributed by atoms with E-state index >= 15 is 0 Å². The first-order valence-corrected chi connectivity index (χ1v) is 11.0. The topological polar surface area (TPSA) is 43.4 Å². The van der Waals surface area contributed by atoms with Crippen LogP contribution in [-0.4, -0.2) is 25.3 Å². The molecule has 26 heavy (non-hydrogen) atoms. The van der Waals surface area contributed by atoms with Crippen LogP contribution in [0, 0.1) is 40.4 Å². The molecule has 4 saturated carbocycles. The molecule has 3 heteroatoms. The van der Waals surface area contributed by atoms with Crippen molar-refractivity contribution in [2.24, 2.45) is 40.4 Å². The highest BCUT2D eigenvalue weighted by Crippen LogP contribution is 2.66. The van der Waals surface area contributed by atoms with Gasteiger partial charge in [-0.15, -0.1) is 0 Å². The Hall–Kier alpha value is -0.700. The SMILES string of the molecule is CCCC1C[C@H]2[C@@H]3CC[C@@H]4CC(=O)CC[C@]4(COC)[C@H]3CC[C@]2(C)C1=O. The average molecular weight is 361 g/mol. The lowest BCUT2D eigenvalue weighted by molar-refractivity contribution is -0.157. The monoisotopic (exact) mass is 360 g/mol. The van der Waals surface area contributed by atoms with E-state index in [1.807, 2.05) is 7.11 Å². The van der Waals surface area contributed by atoms with Crippen molar-refractivity contribution in [3.63, 3.8) is 0 Å². The highest BCUT2D eigenvalue weighted by molar-refractivity contribution is 5.89. The molecule has 0 N–H and O–H groups in total. The molecule has 4 aliphatic carbocycles. The van der Waals surface area contributed by atoms with Crippen LogP contribution in [0.2, 0.25) is 0 Å². The molecule has 0 amide bonds. The Kier molecular flexibility index (Phi) is 4.82. The number of fused-ring (bicyclic) bond motifs is 5. The molecule has 0 radical (unpaired) electrons. The van der Waals surface area contributed by atoms with Crippen LogP contribution in [0.25, 0.3) is 0 Å². The molecule has 0 aromatic rings. The van der Waals surface area contributed by atoms with Crippen LogP contribution in [0.15, 0.2) is 0 Å². The van der Waals surface area contributed by atoms with Crippen molar-refractivity contribution in [1.29, 1.82) is 0 Å². The summed E-state index contributed by atoms with van der Waals surface area (Å²) in [6, 6.07) is 0. The van der Waals surface area contributed by atoms with Crippen LogP contribution in [0.1, 0.15) is 78.1 Å². The standard InChI is InChI=1S/C23H36O3/c1-4-5-15-12-20-18-7-6-16-13-17(24)8-11-23(16,14-26-3)19(18)9-10-22(20,2)21(15)25/h15-16,18-20H,4-14H2,1-3H3/t15?,16-,18-,19+,20+,22+,23-/m1/s1. The molecule has 4 rings (SSSR count). The Morgan fingerprint density at radius 1 is 1.12 bits per heavy atom.